The summed E-state index contributed by atoms with van der Waals surface area (Å²) in [6.07, 6.45) is 12.4. The van der Waals surface area contributed by atoms with Gasteiger partial charge in [-0.05, 0) is 50.5 Å². The van der Waals surface area contributed by atoms with E-state index in [0.717, 1.165) is 38.2 Å². The molecule has 1 aromatic heterocycles. The Hall–Kier alpha value is -2.43. The van der Waals surface area contributed by atoms with Gasteiger partial charge in [0.25, 0.3) is 0 Å². The van der Waals surface area contributed by atoms with E-state index in [1.807, 2.05) is 6.07 Å². The van der Waals surface area contributed by atoms with Crippen molar-refractivity contribution in [2.75, 3.05) is 23.7 Å². The largest absolute Gasteiger partial charge is 0.368 e. The van der Waals surface area contributed by atoms with Crippen LogP contribution in [0.1, 0.15) is 44.1 Å². The summed E-state index contributed by atoms with van der Waals surface area (Å²) < 4.78 is 0. The Labute approximate surface area is 150 Å². The van der Waals surface area contributed by atoms with Gasteiger partial charge in [-0.2, -0.15) is 10.1 Å². The maximum absolute atomic E-state index is 4.48. The van der Waals surface area contributed by atoms with Crippen LogP contribution < -0.4 is 10.6 Å². The molecule has 25 heavy (non-hydrogen) atoms. The molecular weight excluding hydrogens is 310 g/mol. The summed E-state index contributed by atoms with van der Waals surface area (Å²) in [6.45, 7) is 1.74. The van der Waals surface area contributed by atoms with Gasteiger partial charge < -0.3 is 10.6 Å². The minimum Gasteiger partial charge on any atom is -0.368 e. The second-order valence-electron chi connectivity index (χ2n) is 6.47. The number of aromatic nitrogens is 3. The smallest absolute Gasteiger partial charge is 0.244 e. The highest BCUT2D eigenvalue weighted by atomic mass is 15.3. The van der Waals surface area contributed by atoms with Gasteiger partial charge in [-0.25, -0.2) is 0 Å². The molecule has 0 saturated carbocycles. The van der Waals surface area contributed by atoms with Gasteiger partial charge in [0.15, 0.2) is 5.82 Å². The zero-order valence-corrected chi connectivity index (χ0v) is 14.7. The van der Waals surface area contributed by atoms with Gasteiger partial charge in [0.05, 0.1) is 6.20 Å². The van der Waals surface area contributed by atoms with Crippen molar-refractivity contribution in [1.29, 1.82) is 0 Å². The Balaban J connectivity index is 1.38. The predicted molar refractivity (Wildman–Crippen MR) is 103 cm³/mol. The normalized spacial score (nSPS) is 14.0. The fourth-order valence-corrected chi connectivity index (χ4v) is 3.08. The number of allylic oxidation sites excluding steroid dienone is 1. The van der Waals surface area contributed by atoms with Crippen LogP contribution in [0.5, 0.6) is 0 Å². The van der Waals surface area contributed by atoms with Gasteiger partial charge >= 0.3 is 0 Å². The van der Waals surface area contributed by atoms with Gasteiger partial charge in [-0.3, -0.25) is 0 Å². The monoisotopic (exact) mass is 337 g/mol. The molecule has 0 bridgehead atoms. The van der Waals surface area contributed by atoms with Crippen molar-refractivity contribution in [3.63, 3.8) is 0 Å². The Morgan fingerprint density at radius 2 is 1.88 bits per heavy atom. The minimum atomic E-state index is 0.593. The van der Waals surface area contributed by atoms with Crippen LogP contribution in [0.15, 0.2) is 48.2 Å². The van der Waals surface area contributed by atoms with E-state index in [1.165, 1.54) is 31.2 Å². The first-order valence-electron chi connectivity index (χ1n) is 9.29. The summed E-state index contributed by atoms with van der Waals surface area (Å²) in [4.78, 5) is 4.48. The molecule has 0 aliphatic heterocycles. The third-order valence-corrected chi connectivity index (χ3v) is 4.46. The van der Waals surface area contributed by atoms with Crippen LogP contribution in [-0.4, -0.2) is 28.3 Å². The quantitative estimate of drug-likeness (QED) is 0.530. The molecule has 0 unspecified atom stereocenters. The summed E-state index contributed by atoms with van der Waals surface area (Å²) >= 11 is 0. The van der Waals surface area contributed by atoms with Crippen LogP contribution >= 0.6 is 0 Å². The summed E-state index contributed by atoms with van der Waals surface area (Å²) in [7, 11) is 0. The van der Waals surface area contributed by atoms with Gasteiger partial charge in [0.2, 0.25) is 5.95 Å². The van der Waals surface area contributed by atoms with E-state index in [-0.39, 0.29) is 0 Å². The third kappa shape index (κ3) is 6.18. The SMILES string of the molecule is C1=C(CCNc2cnnc(NCCCc3ccccc3)n2)CCCC1. The first-order valence-corrected chi connectivity index (χ1v) is 9.29. The van der Waals surface area contributed by atoms with Crippen molar-refractivity contribution in [2.45, 2.75) is 44.9 Å². The highest BCUT2D eigenvalue weighted by Gasteiger charge is 2.04. The lowest BCUT2D eigenvalue weighted by atomic mass is 9.97. The molecule has 0 atom stereocenters. The maximum Gasteiger partial charge on any atom is 0.244 e. The van der Waals surface area contributed by atoms with Gasteiger partial charge in [-0.1, -0.05) is 42.0 Å². The molecule has 5 heteroatoms. The molecule has 0 saturated heterocycles. The number of aryl methyl sites for hydroxylation is 1. The molecule has 1 aliphatic rings. The molecule has 2 N–H and O–H groups in total. The van der Waals surface area contributed by atoms with Crippen molar-refractivity contribution in [2.24, 2.45) is 0 Å². The number of hydrogen-bond acceptors (Lipinski definition) is 5. The lowest BCUT2D eigenvalue weighted by Gasteiger charge is -2.13. The molecule has 1 aliphatic carbocycles. The van der Waals surface area contributed by atoms with E-state index in [0.29, 0.717) is 5.95 Å². The zero-order valence-electron chi connectivity index (χ0n) is 14.7. The molecule has 0 fully saturated rings. The fraction of sp³-hybridized carbons (Fsp3) is 0.450. The zero-order chi connectivity index (χ0) is 17.2. The van der Waals surface area contributed by atoms with Crippen LogP contribution in [0.3, 0.4) is 0 Å². The average molecular weight is 337 g/mol. The Bertz CT molecular complexity index is 669. The molecule has 0 amide bonds. The van der Waals surface area contributed by atoms with Crippen LogP contribution in [0.2, 0.25) is 0 Å². The fourth-order valence-electron chi connectivity index (χ4n) is 3.08. The highest BCUT2D eigenvalue weighted by Crippen LogP contribution is 2.19. The first-order chi connectivity index (χ1) is 12.4. The summed E-state index contributed by atoms with van der Waals surface area (Å²) in [5, 5.41) is 14.7. The molecule has 0 spiro atoms. The van der Waals surface area contributed by atoms with Crippen molar-refractivity contribution in [3.8, 4) is 0 Å². The Morgan fingerprint density at radius 3 is 2.72 bits per heavy atom. The van der Waals surface area contributed by atoms with E-state index in [4.69, 9.17) is 0 Å². The van der Waals surface area contributed by atoms with Crippen molar-refractivity contribution in [1.82, 2.24) is 15.2 Å². The topological polar surface area (TPSA) is 62.7 Å². The summed E-state index contributed by atoms with van der Waals surface area (Å²) in [5.74, 6) is 1.38. The van der Waals surface area contributed by atoms with Crippen LogP contribution in [0.4, 0.5) is 11.8 Å². The third-order valence-electron chi connectivity index (χ3n) is 4.46. The highest BCUT2D eigenvalue weighted by molar-refractivity contribution is 5.37. The molecule has 3 rings (SSSR count). The number of benzene rings is 1. The number of nitrogens with zero attached hydrogens (tertiary/aromatic N) is 3. The molecular formula is C20H27N5. The van der Waals surface area contributed by atoms with Crippen LogP contribution in [-0.2, 0) is 6.42 Å². The predicted octanol–water partition coefficient (Wildman–Crippen LogP) is 4.22. The van der Waals surface area contributed by atoms with E-state index >= 15 is 0 Å². The van der Waals surface area contributed by atoms with Gasteiger partial charge in [0.1, 0.15) is 0 Å². The van der Waals surface area contributed by atoms with Gasteiger partial charge in [-0.15, -0.1) is 5.10 Å². The van der Waals surface area contributed by atoms with Crippen LogP contribution in [0.25, 0.3) is 0 Å². The number of anilines is 2. The second-order valence-corrected chi connectivity index (χ2v) is 6.47. The number of rotatable bonds is 9. The lowest BCUT2D eigenvalue weighted by molar-refractivity contribution is 0.679. The van der Waals surface area contributed by atoms with Crippen molar-refractivity contribution in [3.05, 3.63) is 53.7 Å². The van der Waals surface area contributed by atoms with E-state index in [1.54, 1.807) is 11.8 Å². The molecule has 2 aromatic rings. The standard InChI is InChI=1S/C20H27N5/c1-3-8-17(9-4-1)12-7-14-22-20-24-19(16-23-25-20)21-15-13-18-10-5-2-6-11-18/h1,3-4,8-10,16H,2,5-7,11-15H2,(H2,21,22,24,25). The average Bonchev–Trinajstić information content (AvgIpc) is 2.67. The van der Waals surface area contributed by atoms with E-state index in [2.05, 4.69) is 56.2 Å². The van der Waals surface area contributed by atoms with Crippen molar-refractivity contribution < 1.29 is 0 Å². The Kier molecular flexibility index (Phi) is 6.80. The molecule has 1 aromatic carbocycles. The number of hydrogen-bond donors (Lipinski definition) is 2. The lowest BCUT2D eigenvalue weighted by Crippen LogP contribution is -2.11. The van der Waals surface area contributed by atoms with Gasteiger partial charge in [0, 0.05) is 13.1 Å². The molecule has 0 radical (unpaired) electrons. The molecule has 1 heterocycles. The molecule has 132 valence electrons. The van der Waals surface area contributed by atoms with Crippen molar-refractivity contribution >= 4 is 11.8 Å². The Morgan fingerprint density at radius 1 is 0.960 bits per heavy atom. The van der Waals surface area contributed by atoms with E-state index in [9.17, 15) is 0 Å². The number of nitrogens with one attached hydrogen (secondary N) is 2. The van der Waals surface area contributed by atoms with E-state index < -0.39 is 0 Å². The maximum atomic E-state index is 4.48. The summed E-state index contributed by atoms with van der Waals surface area (Å²) in [5.41, 5.74) is 2.93. The summed E-state index contributed by atoms with van der Waals surface area (Å²) in [6, 6.07) is 10.5. The first kappa shape index (κ1) is 17.4. The molecule has 5 nitrogen and oxygen atoms in total. The minimum absolute atomic E-state index is 0.593. The second kappa shape index (κ2) is 9.77. The van der Waals surface area contributed by atoms with Crippen LogP contribution in [0, 0.1) is 0 Å².